The summed E-state index contributed by atoms with van der Waals surface area (Å²) in [4.78, 5) is 6.93. The SMILES string of the molecule is Cc1cnc(COc2cccc(C(F)(F)F)c2)[nH]1. The van der Waals surface area contributed by atoms with Crippen LogP contribution in [0.4, 0.5) is 13.2 Å². The van der Waals surface area contributed by atoms with E-state index in [9.17, 15) is 13.2 Å². The van der Waals surface area contributed by atoms with Crippen LogP contribution in [0.2, 0.25) is 0 Å². The molecule has 0 aliphatic heterocycles. The first-order chi connectivity index (χ1) is 8.45. The summed E-state index contributed by atoms with van der Waals surface area (Å²) in [5.41, 5.74) is 0.147. The van der Waals surface area contributed by atoms with Crippen LogP contribution in [0.5, 0.6) is 5.75 Å². The second-order valence-electron chi connectivity index (χ2n) is 3.83. The average Bonchev–Trinajstić information content (AvgIpc) is 2.72. The molecule has 0 fully saturated rings. The number of rotatable bonds is 3. The number of aromatic amines is 1. The van der Waals surface area contributed by atoms with Gasteiger partial charge in [-0.15, -0.1) is 0 Å². The van der Waals surface area contributed by atoms with Crippen molar-refractivity contribution in [3.8, 4) is 5.75 Å². The highest BCUT2D eigenvalue weighted by Crippen LogP contribution is 2.31. The third-order valence-corrected chi connectivity index (χ3v) is 2.29. The molecule has 1 aromatic carbocycles. The van der Waals surface area contributed by atoms with E-state index in [-0.39, 0.29) is 12.4 Å². The van der Waals surface area contributed by atoms with Crippen LogP contribution >= 0.6 is 0 Å². The fraction of sp³-hybridized carbons (Fsp3) is 0.250. The maximum Gasteiger partial charge on any atom is 0.416 e. The molecular weight excluding hydrogens is 245 g/mol. The van der Waals surface area contributed by atoms with Gasteiger partial charge < -0.3 is 9.72 Å². The van der Waals surface area contributed by atoms with E-state index in [1.807, 2.05) is 6.92 Å². The molecule has 96 valence electrons. The summed E-state index contributed by atoms with van der Waals surface area (Å²) in [7, 11) is 0. The molecule has 0 atom stereocenters. The number of alkyl halides is 3. The molecule has 0 amide bonds. The van der Waals surface area contributed by atoms with Crippen molar-refractivity contribution in [2.24, 2.45) is 0 Å². The lowest BCUT2D eigenvalue weighted by Gasteiger charge is -2.09. The van der Waals surface area contributed by atoms with Gasteiger partial charge in [0.2, 0.25) is 0 Å². The number of aromatic nitrogens is 2. The third kappa shape index (κ3) is 3.03. The second kappa shape index (κ2) is 4.72. The predicted octanol–water partition coefficient (Wildman–Crippen LogP) is 3.32. The molecule has 1 N–H and O–H groups in total. The van der Waals surface area contributed by atoms with Gasteiger partial charge in [-0.25, -0.2) is 4.98 Å². The Hall–Kier alpha value is -1.98. The van der Waals surface area contributed by atoms with Gasteiger partial charge in [0, 0.05) is 11.9 Å². The van der Waals surface area contributed by atoms with Gasteiger partial charge in [-0.1, -0.05) is 6.07 Å². The fourth-order valence-corrected chi connectivity index (χ4v) is 1.45. The monoisotopic (exact) mass is 256 g/mol. The minimum absolute atomic E-state index is 0.106. The van der Waals surface area contributed by atoms with E-state index in [1.165, 1.54) is 12.1 Å². The number of imidazole rings is 1. The standard InChI is InChI=1S/C12H11F3N2O/c1-8-6-16-11(17-8)7-18-10-4-2-3-9(5-10)12(13,14)15/h2-6H,7H2,1H3,(H,16,17). The minimum Gasteiger partial charge on any atom is -0.486 e. The number of halogens is 3. The normalized spacial score (nSPS) is 11.6. The van der Waals surface area contributed by atoms with Crippen molar-refractivity contribution in [2.75, 3.05) is 0 Å². The maximum absolute atomic E-state index is 12.5. The largest absolute Gasteiger partial charge is 0.486 e. The number of nitrogens with one attached hydrogen (secondary N) is 1. The summed E-state index contributed by atoms with van der Waals surface area (Å²) in [6, 6.07) is 4.76. The van der Waals surface area contributed by atoms with Crippen LogP contribution in [0, 0.1) is 6.92 Å². The van der Waals surface area contributed by atoms with Crippen LogP contribution in [0.25, 0.3) is 0 Å². The minimum atomic E-state index is -4.36. The van der Waals surface area contributed by atoms with Crippen molar-refractivity contribution in [3.05, 3.63) is 47.5 Å². The van der Waals surface area contributed by atoms with Crippen molar-refractivity contribution < 1.29 is 17.9 Å². The molecule has 0 aliphatic rings. The Morgan fingerprint density at radius 2 is 2.11 bits per heavy atom. The zero-order valence-corrected chi connectivity index (χ0v) is 9.58. The van der Waals surface area contributed by atoms with Crippen molar-refractivity contribution in [1.82, 2.24) is 9.97 Å². The van der Waals surface area contributed by atoms with E-state index < -0.39 is 11.7 Å². The third-order valence-electron chi connectivity index (χ3n) is 2.29. The van der Waals surface area contributed by atoms with E-state index in [1.54, 1.807) is 6.20 Å². The van der Waals surface area contributed by atoms with Gasteiger partial charge in [-0.2, -0.15) is 13.2 Å². The summed E-state index contributed by atoms with van der Waals surface area (Å²) in [5, 5.41) is 0. The highest BCUT2D eigenvalue weighted by molar-refractivity contribution is 5.30. The van der Waals surface area contributed by atoms with E-state index in [2.05, 4.69) is 9.97 Å². The number of benzene rings is 1. The highest BCUT2D eigenvalue weighted by atomic mass is 19.4. The molecule has 2 aromatic rings. The Bertz CT molecular complexity index is 534. The van der Waals surface area contributed by atoms with Gasteiger partial charge >= 0.3 is 6.18 Å². The Labute approximate surface area is 102 Å². The lowest BCUT2D eigenvalue weighted by Crippen LogP contribution is -2.05. The van der Waals surface area contributed by atoms with Crippen LogP contribution in [0.1, 0.15) is 17.1 Å². The number of H-pyrrole nitrogens is 1. The highest BCUT2D eigenvalue weighted by Gasteiger charge is 2.30. The van der Waals surface area contributed by atoms with Gasteiger partial charge in [0.05, 0.1) is 5.56 Å². The van der Waals surface area contributed by atoms with Crippen molar-refractivity contribution in [1.29, 1.82) is 0 Å². The van der Waals surface area contributed by atoms with Gasteiger partial charge in [-0.3, -0.25) is 0 Å². The molecular formula is C12H11F3N2O. The molecule has 0 unspecified atom stereocenters. The van der Waals surface area contributed by atoms with Crippen molar-refractivity contribution >= 4 is 0 Å². The first-order valence-electron chi connectivity index (χ1n) is 5.26. The summed E-state index contributed by atoms with van der Waals surface area (Å²) in [5.74, 6) is 0.740. The second-order valence-corrected chi connectivity index (χ2v) is 3.83. The molecule has 3 nitrogen and oxygen atoms in total. The number of nitrogens with zero attached hydrogens (tertiary/aromatic N) is 1. The van der Waals surface area contributed by atoms with Gasteiger partial charge in [0.25, 0.3) is 0 Å². The summed E-state index contributed by atoms with van der Waals surface area (Å²) >= 11 is 0. The Morgan fingerprint density at radius 3 is 2.72 bits per heavy atom. The van der Waals surface area contributed by atoms with E-state index in [4.69, 9.17) is 4.74 Å². The molecule has 2 rings (SSSR count). The quantitative estimate of drug-likeness (QED) is 0.914. The van der Waals surface area contributed by atoms with E-state index in [0.717, 1.165) is 17.8 Å². The lowest BCUT2D eigenvalue weighted by molar-refractivity contribution is -0.137. The molecule has 0 aliphatic carbocycles. The molecule has 0 saturated carbocycles. The molecule has 0 spiro atoms. The summed E-state index contributed by atoms with van der Waals surface area (Å²) in [6.07, 6.45) is -2.73. The van der Waals surface area contributed by atoms with Crippen LogP contribution in [-0.2, 0) is 12.8 Å². The predicted molar refractivity (Wildman–Crippen MR) is 59.1 cm³/mol. The molecule has 0 bridgehead atoms. The molecule has 0 saturated heterocycles. The van der Waals surface area contributed by atoms with Crippen LogP contribution < -0.4 is 4.74 Å². The average molecular weight is 256 g/mol. The Kier molecular flexibility index (Phi) is 3.27. The maximum atomic E-state index is 12.5. The van der Waals surface area contributed by atoms with Gasteiger partial charge in [-0.05, 0) is 25.1 Å². The summed E-state index contributed by atoms with van der Waals surface area (Å²) in [6.45, 7) is 1.94. The zero-order chi connectivity index (χ0) is 13.2. The van der Waals surface area contributed by atoms with E-state index >= 15 is 0 Å². The summed E-state index contributed by atoms with van der Waals surface area (Å²) < 4.78 is 42.6. The molecule has 6 heteroatoms. The Balaban J connectivity index is 2.06. The first-order valence-corrected chi connectivity index (χ1v) is 5.26. The Morgan fingerprint density at radius 1 is 1.33 bits per heavy atom. The number of ether oxygens (including phenoxy) is 1. The number of hydrogen-bond acceptors (Lipinski definition) is 2. The molecule has 1 heterocycles. The smallest absolute Gasteiger partial charge is 0.416 e. The zero-order valence-electron chi connectivity index (χ0n) is 9.58. The van der Waals surface area contributed by atoms with Gasteiger partial charge in [0.1, 0.15) is 18.2 Å². The number of hydrogen-bond donors (Lipinski definition) is 1. The van der Waals surface area contributed by atoms with Crippen LogP contribution in [-0.4, -0.2) is 9.97 Å². The van der Waals surface area contributed by atoms with Crippen molar-refractivity contribution in [3.63, 3.8) is 0 Å². The molecule has 18 heavy (non-hydrogen) atoms. The van der Waals surface area contributed by atoms with Crippen molar-refractivity contribution in [2.45, 2.75) is 19.7 Å². The van der Waals surface area contributed by atoms with Crippen LogP contribution in [0.15, 0.2) is 30.5 Å². The topological polar surface area (TPSA) is 37.9 Å². The fourth-order valence-electron chi connectivity index (χ4n) is 1.45. The van der Waals surface area contributed by atoms with Crippen LogP contribution in [0.3, 0.4) is 0 Å². The molecule has 1 aromatic heterocycles. The first kappa shape index (κ1) is 12.5. The number of aryl methyl sites for hydroxylation is 1. The van der Waals surface area contributed by atoms with E-state index in [0.29, 0.717) is 5.82 Å². The molecule has 0 radical (unpaired) electrons. The lowest BCUT2D eigenvalue weighted by atomic mass is 10.2. The van der Waals surface area contributed by atoms with Gasteiger partial charge in [0.15, 0.2) is 0 Å².